The number of carbonyl (C=O) groups excluding carboxylic acids is 2. The number of carbonyl (C=O) groups is 2. The van der Waals surface area contributed by atoms with E-state index in [1.807, 2.05) is 0 Å². The summed E-state index contributed by atoms with van der Waals surface area (Å²) in [6, 6.07) is -1.16. The minimum Gasteiger partial charge on any atom is -0.458 e. The summed E-state index contributed by atoms with van der Waals surface area (Å²) in [6.45, 7) is 7.39. The lowest BCUT2D eigenvalue weighted by molar-refractivity contribution is -0.154. The molecule has 2 N–H and O–H groups in total. The molecule has 0 aromatic heterocycles. The van der Waals surface area contributed by atoms with Crippen LogP contribution in [0.1, 0.15) is 34.1 Å². The van der Waals surface area contributed by atoms with E-state index in [1.165, 1.54) is 6.92 Å². The summed E-state index contributed by atoms with van der Waals surface area (Å²) in [6.07, 6.45) is -1.57. The molecule has 20 heavy (non-hydrogen) atoms. The molecule has 1 heterocycles. The van der Waals surface area contributed by atoms with E-state index in [0.29, 0.717) is 19.6 Å². The number of aliphatic hydroxyl groups is 1. The maximum Gasteiger partial charge on any atom is 0.408 e. The Morgan fingerprint density at radius 2 is 2.05 bits per heavy atom. The van der Waals surface area contributed by atoms with E-state index >= 15 is 0 Å². The summed E-state index contributed by atoms with van der Waals surface area (Å²) < 4.78 is 15.3. The summed E-state index contributed by atoms with van der Waals surface area (Å²) in [7, 11) is 0. The Hall–Kier alpha value is -1.34. The second-order valence-electron chi connectivity index (χ2n) is 5.79. The Labute approximate surface area is 118 Å². The zero-order valence-corrected chi connectivity index (χ0v) is 12.3. The first-order valence-corrected chi connectivity index (χ1v) is 6.65. The average molecular weight is 289 g/mol. The molecule has 7 nitrogen and oxygen atoms in total. The molecule has 0 aromatic carbocycles. The van der Waals surface area contributed by atoms with Gasteiger partial charge in [-0.25, -0.2) is 9.59 Å². The summed E-state index contributed by atoms with van der Waals surface area (Å²) in [5.74, 6) is -0.693. The first-order chi connectivity index (χ1) is 9.19. The van der Waals surface area contributed by atoms with Crippen molar-refractivity contribution in [3.63, 3.8) is 0 Å². The van der Waals surface area contributed by atoms with Crippen LogP contribution in [0, 0.1) is 0 Å². The zero-order valence-electron chi connectivity index (χ0n) is 12.3. The van der Waals surface area contributed by atoms with E-state index < -0.39 is 29.8 Å². The van der Waals surface area contributed by atoms with E-state index in [1.54, 1.807) is 20.8 Å². The predicted molar refractivity (Wildman–Crippen MR) is 70.2 cm³/mol. The van der Waals surface area contributed by atoms with E-state index in [9.17, 15) is 14.7 Å². The van der Waals surface area contributed by atoms with Crippen molar-refractivity contribution in [3.05, 3.63) is 0 Å². The third-order valence-corrected chi connectivity index (χ3v) is 2.58. The van der Waals surface area contributed by atoms with Crippen LogP contribution in [-0.4, -0.2) is 54.2 Å². The van der Waals surface area contributed by atoms with Crippen molar-refractivity contribution in [1.29, 1.82) is 0 Å². The summed E-state index contributed by atoms with van der Waals surface area (Å²) >= 11 is 0. The fourth-order valence-electron chi connectivity index (χ4n) is 1.65. The van der Waals surface area contributed by atoms with Gasteiger partial charge in [-0.15, -0.1) is 0 Å². The van der Waals surface area contributed by atoms with Crippen LogP contribution in [0.2, 0.25) is 0 Å². The van der Waals surface area contributed by atoms with Gasteiger partial charge in [-0.1, -0.05) is 0 Å². The van der Waals surface area contributed by atoms with Gasteiger partial charge in [0.2, 0.25) is 0 Å². The number of hydrogen-bond acceptors (Lipinski definition) is 6. The van der Waals surface area contributed by atoms with Gasteiger partial charge in [-0.2, -0.15) is 0 Å². The number of alkyl carbamates (subject to hydrolysis) is 1. The molecular weight excluding hydrogens is 266 g/mol. The maximum atomic E-state index is 11.9. The van der Waals surface area contributed by atoms with Crippen LogP contribution in [-0.2, 0) is 19.0 Å². The van der Waals surface area contributed by atoms with Crippen molar-refractivity contribution in [2.75, 3.05) is 13.2 Å². The van der Waals surface area contributed by atoms with Gasteiger partial charge in [0, 0.05) is 6.42 Å². The van der Waals surface area contributed by atoms with E-state index in [2.05, 4.69) is 5.32 Å². The molecule has 116 valence electrons. The summed E-state index contributed by atoms with van der Waals surface area (Å²) in [5, 5.41) is 11.9. The van der Waals surface area contributed by atoms with Gasteiger partial charge in [0.25, 0.3) is 0 Å². The standard InChI is InChI=1S/C13H23NO6/c1-8(15)10(14-12(17)20-13(2,3)4)11(16)19-9-5-6-18-7-9/h8-10,15H,5-7H2,1-4H3,(H,14,17)/t8?,9-,10?/m0/s1. The summed E-state index contributed by atoms with van der Waals surface area (Å²) in [4.78, 5) is 23.6. The Kier molecular flexibility index (Phi) is 5.76. The van der Waals surface area contributed by atoms with Crippen molar-refractivity contribution in [1.82, 2.24) is 5.32 Å². The predicted octanol–water partition coefficient (Wildman–Crippen LogP) is 0.593. The molecule has 7 heteroatoms. The van der Waals surface area contributed by atoms with Crippen LogP contribution in [0.4, 0.5) is 4.79 Å². The SMILES string of the molecule is CC(O)C(NC(=O)OC(C)(C)C)C(=O)O[C@H]1CCOC1. The largest absolute Gasteiger partial charge is 0.458 e. The zero-order chi connectivity index (χ0) is 15.3. The van der Waals surface area contributed by atoms with E-state index in [-0.39, 0.29) is 6.10 Å². The Balaban J connectivity index is 2.54. The lowest BCUT2D eigenvalue weighted by Crippen LogP contribution is -2.50. The quantitative estimate of drug-likeness (QED) is 0.736. The molecule has 0 radical (unpaired) electrons. The lowest BCUT2D eigenvalue weighted by Gasteiger charge is -2.24. The number of nitrogens with one attached hydrogen (secondary N) is 1. The minimum absolute atomic E-state index is 0.329. The molecular formula is C13H23NO6. The fourth-order valence-corrected chi connectivity index (χ4v) is 1.65. The van der Waals surface area contributed by atoms with Gasteiger partial charge in [0.05, 0.1) is 19.3 Å². The van der Waals surface area contributed by atoms with Gasteiger partial charge in [0.15, 0.2) is 6.04 Å². The molecule has 0 aromatic rings. The normalized spacial score (nSPS) is 21.9. The first kappa shape index (κ1) is 16.7. The smallest absolute Gasteiger partial charge is 0.408 e. The highest BCUT2D eigenvalue weighted by atomic mass is 16.6. The number of aliphatic hydroxyl groups excluding tert-OH is 1. The van der Waals surface area contributed by atoms with Crippen molar-refractivity contribution < 1.29 is 28.9 Å². The number of amides is 1. The van der Waals surface area contributed by atoms with Gasteiger partial charge in [-0.3, -0.25) is 0 Å². The van der Waals surface area contributed by atoms with E-state index in [4.69, 9.17) is 14.2 Å². The number of rotatable bonds is 4. The van der Waals surface area contributed by atoms with Crippen molar-refractivity contribution in [2.45, 2.75) is 58.0 Å². The molecule has 1 rings (SSSR count). The topological polar surface area (TPSA) is 94.1 Å². The monoisotopic (exact) mass is 289 g/mol. The molecule has 0 aliphatic carbocycles. The lowest BCUT2D eigenvalue weighted by atomic mass is 10.2. The molecule has 0 bridgehead atoms. The van der Waals surface area contributed by atoms with Crippen LogP contribution in [0.15, 0.2) is 0 Å². The third kappa shape index (κ3) is 5.75. The molecule has 1 aliphatic heterocycles. The Morgan fingerprint density at radius 1 is 1.40 bits per heavy atom. The van der Waals surface area contributed by atoms with Crippen molar-refractivity contribution in [3.8, 4) is 0 Å². The van der Waals surface area contributed by atoms with Crippen LogP contribution < -0.4 is 5.32 Å². The molecule has 0 spiro atoms. The number of ether oxygens (including phenoxy) is 3. The Morgan fingerprint density at radius 3 is 2.50 bits per heavy atom. The highest BCUT2D eigenvalue weighted by molar-refractivity contribution is 5.82. The molecule has 1 fully saturated rings. The van der Waals surface area contributed by atoms with Crippen molar-refractivity contribution in [2.24, 2.45) is 0 Å². The Bertz CT molecular complexity index is 343. The molecule has 2 unspecified atom stereocenters. The second-order valence-corrected chi connectivity index (χ2v) is 5.79. The summed E-state index contributed by atoms with van der Waals surface area (Å²) in [5.41, 5.74) is -0.684. The number of esters is 1. The van der Waals surface area contributed by atoms with Crippen LogP contribution in [0.5, 0.6) is 0 Å². The van der Waals surface area contributed by atoms with Crippen molar-refractivity contribution >= 4 is 12.1 Å². The maximum absolute atomic E-state index is 11.9. The van der Waals surface area contributed by atoms with Gasteiger partial charge in [0.1, 0.15) is 11.7 Å². The fraction of sp³-hybridized carbons (Fsp3) is 0.846. The van der Waals surface area contributed by atoms with Gasteiger partial charge >= 0.3 is 12.1 Å². The van der Waals surface area contributed by atoms with Crippen LogP contribution in [0.25, 0.3) is 0 Å². The van der Waals surface area contributed by atoms with E-state index in [0.717, 1.165) is 0 Å². The molecule has 1 saturated heterocycles. The molecule has 1 amide bonds. The third-order valence-electron chi connectivity index (χ3n) is 2.58. The highest BCUT2D eigenvalue weighted by Crippen LogP contribution is 2.11. The molecule has 0 saturated carbocycles. The minimum atomic E-state index is -1.16. The van der Waals surface area contributed by atoms with Gasteiger partial charge < -0.3 is 24.6 Å². The molecule has 3 atom stereocenters. The highest BCUT2D eigenvalue weighted by Gasteiger charge is 2.32. The molecule has 1 aliphatic rings. The number of hydrogen-bond donors (Lipinski definition) is 2. The average Bonchev–Trinajstić information content (AvgIpc) is 2.75. The first-order valence-electron chi connectivity index (χ1n) is 6.65. The van der Waals surface area contributed by atoms with Crippen LogP contribution >= 0.6 is 0 Å². The van der Waals surface area contributed by atoms with Gasteiger partial charge in [-0.05, 0) is 27.7 Å². The van der Waals surface area contributed by atoms with Crippen LogP contribution in [0.3, 0.4) is 0 Å². The second kappa shape index (κ2) is 6.90.